The molecule has 11 nitrogen and oxygen atoms in total. The normalized spacial score (nSPS) is 12.3. The Hall–Kier alpha value is -4.40. The number of imide groups is 1. The second-order valence-electron chi connectivity index (χ2n) is 10.3. The molecule has 2 aromatic carbocycles. The first kappa shape index (κ1) is 35.8. The Morgan fingerprint density at radius 1 is 1.18 bits per heavy atom. The van der Waals surface area contributed by atoms with E-state index in [4.69, 9.17) is 15.2 Å². The highest BCUT2D eigenvalue weighted by atomic mass is 16.5. The number of nitrogens with one attached hydrogen (secondary N) is 2. The van der Waals surface area contributed by atoms with E-state index in [1.54, 1.807) is 19.2 Å². The van der Waals surface area contributed by atoms with Crippen molar-refractivity contribution in [2.24, 2.45) is 0 Å². The van der Waals surface area contributed by atoms with Crippen molar-refractivity contribution in [3.63, 3.8) is 0 Å². The van der Waals surface area contributed by atoms with Gasteiger partial charge in [-0.25, -0.2) is 0 Å². The smallest absolute Gasteiger partial charge is 0.255 e. The minimum atomic E-state index is -0.691. The van der Waals surface area contributed by atoms with Crippen LogP contribution in [0.4, 0.5) is 5.69 Å². The van der Waals surface area contributed by atoms with Crippen LogP contribution in [0.5, 0.6) is 5.75 Å². The number of rotatable bonds is 16. The average molecular weight is 608 g/mol. The van der Waals surface area contributed by atoms with Crippen LogP contribution < -0.4 is 21.1 Å². The molecule has 1 atom stereocenters. The lowest BCUT2D eigenvalue weighted by Gasteiger charge is -2.25. The molecule has 4 amide bonds. The lowest BCUT2D eigenvalue weighted by atomic mass is 10.0. The topological polar surface area (TPSA) is 143 Å². The number of amides is 4. The predicted octanol–water partition coefficient (Wildman–Crippen LogP) is 2.50. The molecule has 0 aliphatic carbocycles. The lowest BCUT2D eigenvalue weighted by molar-refractivity contribution is -0.129. The van der Waals surface area contributed by atoms with Crippen LogP contribution in [0.1, 0.15) is 59.7 Å². The van der Waals surface area contributed by atoms with E-state index in [-0.39, 0.29) is 5.91 Å². The van der Waals surface area contributed by atoms with Gasteiger partial charge in [-0.2, -0.15) is 0 Å². The Labute approximate surface area is 260 Å². The lowest BCUT2D eigenvalue weighted by Crippen LogP contribution is -2.46. The molecule has 2 aromatic rings. The minimum Gasteiger partial charge on any atom is -0.495 e. The number of benzene rings is 2. The molecule has 0 radical (unpaired) electrons. The molecule has 4 N–H and O–H groups in total. The number of anilines is 1. The van der Waals surface area contributed by atoms with Gasteiger partial charge in [-0.15, -0.1) is 0 Å². The van der Waals surface area contributed by atoms with Crippen LogP contribution in [0.25, 0.3) is 0 Å². The van der Waals surface area contributed by atoms with Gasteiger partial charge in [0.15, 0.2) is 0 Å². The standard InChI is InChI=1S/C25H34N4O5.C8H11NO/c1-3-8-23(24(32)27-19-31)29-17-22-20(10-6-11-21(22)25(29)33)9-4-5-15-34-16-14-28(2)13-7-12-26-18-30;1-6-3-4-7(9)8(5-6)10-2/h6,10-11,18-19,23H,3,5,7-8,12-17H2,1-2H3,(H,26,30)(H,27,31,32);3-5H,9H2,1-2H3. The molecule has 3 rings (SSSR count). The maximum Gasteiger partial charge on any atom is 0.255 e. The van der Waals surface area contributed by atoms with E-state index in [1.165, 1.54) is 4.90 Å². The van der Waals surface area contributed by atoms with Crippen LogP contribution in [0, 0.1) is 18.8 Å². The van der Waals surface area contributed by atoms with Crippen molar-refractivity contribution in [3.8, 4) is 17.6 Å². The molecule has 1 aliphatic rings. The Balaban J connectivity index is 0.000000569. The number of nitrogens with zero attached hydrogens (tertiary/aromatic N) is 2. The number of likely N-dealkylation sites (N-methyl/N-ethyl adjacent to an activating group) is 1. The SMILES string of the molecule is CCCC(C(=O)NC=O)N1Cc2c(C#CCCOCCN(C)CCCNC=O)cccc2C1=O.COc1cc(C)ccc1N. The number of methoxy groups -OCH3 is 1. The number of nitrogens with two attached hydrogens (primary N) is 1. The van der Waals surface area contributed by atoms with Crippen LogP contribution in [-0.2, 0) is 25.7 Å². The Kier molecular flexibility index (Phi) is 16.0. The van der Waals surface area contributed by atoms with Gasteiger partial charge in [-0.3, -0.25) is 24.5 Å². The molecule has 0 fully saturated rings. The van der Waals surface area contributed by atoms with Crippen molar-refractivity contribution in [1.82, 2.24) is 20.4 Å². The summed E-state index contributed by atoms with van der Waals surface area (Å²) in [5, 5.41) is 4.82. The fourth-order valence-electron chi connectivity index (χ4n) is 4.62. The summed E-state index contributed by atoms with van der Waals surface area (Å²) in [7, 11) is 3.63. The van der Waals surface area contributed by atoms with Crippen molar-refractivity contribution < 1.29 is 28.7 Å². The van der Waals surface area contributed by atoms with Gasteiger partial charge in [-0.05, 0) is 68.8 Å². The summed E-state index contributed by atoms with van der Waals surface area (Å²) in [5.74, 6) is 6.32. The fraction of sp³-hybridized carbons (Fsp3) is 0.455. The minimum absolute atomic E-state index is 0.215. The van der Waals surface area contributed by atoms with Crippen molar-refractivity contribution in [2.75, 3.05) is 52.7 Å². The van der Waals surface area contributed by atoms with E-state index in [9.17, 15) is 19.2 Å². The third kappa shape index (κ3) is 11.4. The highest BCUT2D eigenvalue weighted by Gasteiger charge is 2.36. The van der Waals surface area contributed by atoms with E-state index >= 15 is 0 Å². The van der Waals surface area contributed by atoms with Crippen LogP contribution in [0.3, 0.4) is 0 Å². The van der Waals surface area contributed by atoms with E-state index in [0.29, 0.717) is 69.6 Å². The molecule has 238 valence electrons. The quantitative estimate of drug-likeness (QED) is 0.114. The summed E-state index contributed by atoms with van der Waals surface area (Å²) in [6, 6.07) is 10.4. The molecular formula is C33H45N5O6. The zero-order chi connectivity index (χ0) is 32.3. The van der Waals surface area contributed by atoms with E-state index in [0.717, 1.165) is 42.0 Å². The number of aryl methyl sites for hydroxylation is 1. The largest absolute Gasteiger partial charge is 0.495 e. The number of nitrogen functional groups attached to an aromatic ring is 1. The molecule has 11 heteroatoms. The Morgan fingerprint density at radius 2 is 1.98 bits per heavy atom. The first-order valence-electron chi connectivity index (χ1n) is 14.8. The number of fused-ring (bicyclic) bond motifs is 1. The first-order chi connectivity index (χ1) is 21.3. The zero-order valence-electron chi connectivity index (χ0n) is 26.2. The Morgan fingerprint density at radius 3 is 2.66 bits per heavy atom. The third-order valence-electron chi connectivity index (χ3n) is 6.98. The molecular weight excluding hydrogens is 562 g/mol. The highest BCUT2D eigenvalue weighted by molar-refractivity contribution is 6.02. The summed E-state index contributed by atoms with van der Waals surface area (Å²) in [6.07, 6.45) is 3.69. The van der Waals surface area contributed by atoms with E-state index in [2.05, 4.69) is 27.4 Å². The molecule has 0 saturated heterocycles. The molecule has 1 aliphatic heterocycles. The summed E-state index contributed by atoms with van der Waals surface area (Å²) in [4.78, 5) is 49.9. The highest BCUT2D eigenvalue weighted by Crippen LogP contribution is 2.28. The van der Waals surface area contributed by atoms with Gasteiger partial charge in [0, 0.05) is 37.2 Å². The summed E-state index contributed by atoms with van der Waals surface area (Å²) in [6.45, 7) is 7.69. The number of ether oxygens (including phenoxy) is 2. The first-order valence-corrected chi connectivity index (χ1v) is 14.8. The molecule has 0 saturated carbocycles. The Bertz CT molecular complexity index is 1310. The van der Waals surface area contributed by atoms with Crippen LogP contribution in [-0.4, -0.2) is 87.5 Å². The third-order valence-corrected chi connectivity index (χ3v) is 6.98. The summed E-state index contributed by atoms with van der Waals surface area (Å²) >= 11 is 0. The molecule has 0 bridgehead atoms. The summed E-state index contributed by atoms with van der Waals surface area (Å²) < 4.78 is 10.7. The number of carbonyl (C=O) groups is 4. The van der Waals surface area contributed by atoms with Crippen LogP contribution in [0.2, 0.25) is 0 Å². The van der Waals surface area contributed by atoms with Crippen LogP contribution >= 0.6 is 0 Å². The predicted molar refractivity (Wildman–Crippen MR) is 170 cm³/mol. The maximum absolute atomic E-state index is 12.9. The molecule has 1 heterocycles. The van der Waals surface area contributed by atoms with Gasteiger partial charge in [0.2, 0.25) is 18.7 Å². The second kappa shape index (κ2) is 19.7. The van der Waals surface area contributed by atoms with Crippen molar-refractivity contribution in [2.45, 2.75) is 52.1 Å². The van der Waals surface area contributed by atoms with Gasteiger partial charge >= 0.3 is 0 Å². The van der Waals surface area contributed by atoms with E-state index < -0.39 is 11.9 Å². The van der Waals surface area contributed by atoms with Gasteiger partial charge < -0.3 is 30.3 Å². The van der Waals surface area contributed by atoms with Gasteiger partial charge in [0.1, 0.15) is 11.8 Å². The van der Waals surface area contributed by atoms with Crippen LogP contribution in [0.15, 0.2) is 36.4 Å². The van der Waals surface area contributed by atoms with Crippen molar-refractivity contribution >= 4 is 30.3 Å². The van der Waals surface area contributed by atoms with Crippen molar-refractivity contribution in [3.05, 3.63) is 58.7 Å². The zero-order valence-corrected chi connectivity index (χ0v) is 26.2. The number of hydrogen-bond donors (Lipinski definition) is 3. The fourth-order valence-corrected chi connectivity index (χ4v) is 4.62. The van der Waals surface area contributed by atoms with Crippen molar-refractivity contribution in [1.29, 1.82) is 0 Å². The van der Waals surface area contributed by atoms with Gasteiger partial charge in [-0.1, -0.05) is 37.3 Å². The van der Waals surface area contributed by atoms with Gasteiger partial charge in [0.05, 0.1) is 26.0 Å². The molecule has 0 spiro atoms. The molecule has 44 heavy (non-hydrogen) atoms. The van der Waals surface area contributed by atoms with E-state index in [1.807, 2.05) is 45.2 Å². The molecule has 1 unspecified atom stereocenters. The maximum atomic E-state index is 12.9. The molecule has 0 aromatic heterocycles. The monoisotopic (exact) mass is 607 g/mol. The average Bonchev–Trinajstić information content (AvgIpc) is 3.35. The second-order valence-corrected chi connectivity index (χ2v) is 10.3. The number of hydrogen-bond acceptors (Lipinski definition) is 8. The summed E-state index contributed by atoms with van der Waals surface area (Å²) in [5.41, 5.74) is 9.55. The van der Waals surface area contributed by atoms with Gasteiger partial charge in [0.25, 0.3) is 5.91 Å². The number of carbonyl (C=O) groups excluding carboxylic acids is 4.